The Morgan fingerprint density at radius 1 is 1.30 bits per heavy atom. The minimum atomic E-state index is -1.14. The largest absolute Gasteiger partial charge is 0.476 e. The number of carboxylic acids is 1. The summed E-state index contributed by atoms with van der Waals surface area (Å²) in [4.78, 5) is 23.1. The van der Waals surface area contributed by atoms with Crippen LogP contribution in [0.3, 0.4) is 0 Å². The maximum Gasteiger partial charge on any atom is 0.358 e. The van der Waals surface area contributed by atoms with E-state index in [4.69, 9.17) is 9.84 Å². The fourth-order valence-corrected chi connectivity index (χ4v) is 2.42. The van der Waals surface area contributed by atoms with E-state index in [0.717, 1.165) is 12.8 Å². The molecule has 1 aliphatic heterocycles. The molecule has 2 N–H and O–H groups in total. The van der Waals surface area contributed by atoms with Crippen LogP contribution in [0.5, 0.6) is 0 Å². The first-order valence-electron chi connectivity index (χ1n) is 7.28. The maximum absolute atomic E-state index is 12.2. The van der Waals surface area contributed by atoms with Gasteiger partial charge in [0, 0.05) is 24.8 Å². The van der Waals surface area contributed by atoms with Crippen LogP contribution in [-0.4, -0.2) is 45.2 Å². The van der Waals surface area contributed by atoms with Crippen LogP contribution in [0.2, 0.25) is 0 Å². The number of aromatic nitrogens is 3. The molecule has 23 heavy (non-hydrogen) atoms. The second kappa shape index (κ2) is 6.57. The number of nitrogens with one attached hydrogen (secondary N) is 1. The van der Waals surface area contributed by atoms with Crippen LogP contribution < -0.4 is 5.32 Å². The summed E-state index contributed by atoms with van der Waals surface area (Å²) < 4.78 is 6.61. The minimum absolute atomic E-state index is 0.0322. The van der Waals surface area contributed by atoms with Gasteiger partial charge in [0.15, 0.2) is 5.69 Å². The number of carboxylic acid groups (broad SMARTS) is 1. The van der Waals surface area contributed by atoms with Gasteiger partial charge in [0.25, 0.3) is 0 Å². The molecule has 1 amide bonds. The van der Waals surface area contributed by atoms with Crippen molar-refractivity contribution in [3.05, 3.63) is 36.2 Å². The van der Waals surface area contributed by atoms with E-state index in [-0.39, 0.29) is 17.5 Å². The molecule has 0 saturated carbocycles. The number of hydrogen-bond donors (Lipinski definition) is 2. The summed E-state index contributed by atoms with van der Waals surface area (Å²) >= 11 is 0. The van der Waals surface area contributed by atoms with Crippen molar-refractivity contribution in [2.75, 3.05) is 18.5 Å². The highest BCUT2D eigenvalue weighted by Gasteiger charge is 2.21. The summed E-state index contributed by atoms with van der Waals surface area (Å²) in [7, 11) is 0. The predicted molar refractivity (Wildman–Crippen MR) is 80.5 cm³/mol. The molecular formula is C15H16N4O4. The molecular weight excluding hydrogens is 300 g/mol. The summed E-state index contributed by atoms with van der Waals surface area (Å²) in [5.74, 6) is -1.21. The second-order valence-electron chi connectivity index (χ2n) is 5.28. The van der Waals surface area contributed by atoms with Crippen molar-refractivity contribution in [2.45, 2.75) is 12.8 Å². The molecule has 8 nitrogen and oxygen atoms in total. The average Bonchev–Trinajstić information content (AvgIpc) is 3.06. The van der Waals surface area contributed by atoms with Gasteiger partial charge in [0.2, 0.25) is 5.91 Å². The van der Waals surface area contributed by atoms with E-state index in [0.29, 0.717) is 24.6 Å². The number of anilines is 1. The number of amides is 1. The van der Waals surface area contributed by atoms with Crippen LogP contribution in [0.1, 0.15) is 23.3 Å². The molecule has 8 heteroatoms. The van der Waals surface area contributed by atoms with E-state index in [2.05, 4.69) is 15.6 Å². The van der Waals surface area contributed by atoms with Crippen LogP contribution in [0.25, 0.3) is 5.69 Å². The van der Waals surface area contributed by atoms with Gasteiger partial charge in [-0.2, -0.15) is 0 Å². The monoisotopic (exact) mass is 316 g/mol. The molecule has 0 atom stereocenters. The van der Waals surface area contributed by atoms with Crippen LogP contribution in [0, 0.1) is 5.92 Å². The molecule has 0 radical (unpaired) electrons. The summed E-state index contributed by atoms with van der Waals surface area (Å²) in [5, 5.41) is 19.1. The topological polar surface area (TPSA) is 106 Å². The minimum Gasteiger partial charge on any atom is -0.476 e. The van der Waals surface area contributed by atoms with Crippen molar-refractivity contribution in [3.8, 4) is 5.69 Å². The van der Waals surface area contributed by atoms with E-state index in [1.165, 1.54) is 10.9 Å². The Balaban J connectivity index is 1.73. The van der Waals surface area contributed by atoms with Crippen molar-refractivity contribution >= 4 is 17.6 Å². The zero-order valence-corrected chi connectivity index (χ0v) is 12.3. The standard InChI is InChI=1S/C15H16N4O4/c20-14(10-4-6-23-7-5-10)16-11-2-1-3-12(8-11)19-9-13(15(21)22)17-18-19/h1-3,8-10H,4-7H2,(H,16,20)(H,21,22). The number of carbonyl (C=O) groups excluding carboxylic acids is 1. The fourth-order valence-electron chi connectivity index (χ4n) is 2.42. The molecule has 1 saturated heterocycles. The first-order valence-corrected chi connectivity index (χ1v) is 7.28. The molecule has 1 fully saturated rings. The molecule has 1 aromatic carbocycles. The van der Waals surface area contributed by atoms with Gasteiger partial charge in [-0.1, -0.05) is 11.3 Å². The van der Waals surface area contributed by atoms with E-state index in [9.17, 15) is 9.59 Å². The lowest BCUT2D eigenvalue weighted by Crippen LogP contribution is -2.28. The fraction of sp³-hybridized carbons (Fsp3) is 0.333. The molecule has 1 aromatic heterocycles. The first kappa shape index (κ1) is 15.2. The van der Waals surface area contributed by atoms with Gasteiger partial charge in [0.05, 0.1) is 11.9 Å². The molecule has 1 aliphatic rings. The third-order valence-corrected chi connectivity index (χ3v) is 3.68. The van der Waals surface area contributed by atoms with Crippen molar-refractivity contribution in [2.24, 2.45) is 5.92 Å². The molecule has 2 heterocycles. The number of rotatable bonds is 4. The molecule has 0 spiro atoms. The van der Waals surface area contributed by atoms with Crippen molar-refractivity contribution in [1.82, 2.24) is 15.0 Å². The Kier molecular flexibility index (Phi) is 4.33. The number of nitrogens with zero attached hydrogens (tertiary/aromatic N) is 3. The van der Waals surface area contributed by atoms with Crippen molar-refractivity contribution in [3.63, 3.8) is 0 Å². The van der Waals surface area contributed by atoms with Crippen LogP contribution in [0.15, 0.2) is 30.5 Å². The number of carbonyl (C=O) groups is 2. The molecule has 0 aliphatic carbocycles. The normalized spacial score (nSPS) is 15.3. The second-order valence-corrected chi connectivity index (χ2v) is 5.28. The Bertz CT molecular complexity index is 722. The lowest BCUT2D eigenvalue weighted by molar-refractivity contribution is -0.122. The Morgan fingerprint density at radius 3 is 2.78 bits per heavy atom. The van der Waals surface area contributed by atoms with Crippen LogP contribution in [0.4, 0.5) is 5.69 Å². The molecule has 3 rings (SSSR count). The van der Waals surface area contributed by atoms with Crippen LogP contribution >= 0.6 is 0 Å². The lowest BCUT2D eigenvalue weighted by Gasteiger charge is -2.21. The maximum atomic E-state index is 12.2. The van der Waals surface area contributed by atoms with E-state index in [1.54, 1.807) is 24.3 Å². The zero-order valence-electron chi connectivity index (χ0n) is 12.3. The first-order chi connectivity index (χ1) is 11.1. The highest BCUT2D eigenvalue weighted by molar-refractivity contribution is 5.92. The van der Waals surface area contributed by atoms with Crippen LogP contribution in [-0.2, 0) is 9.53 Å². The Labute approximate surface area is 132 Å². The highest BCUT2D eigenvalue weighted by Crippen LogP contribution is 2.19. The number of aromatic carboxylic acids is 1. The van der Waals surface area contributed by atoms with Gasteiger partial charge in [-0.3, -0.25) is 4.79 Å². The van der Waals surface area contributed by atoms with E-state index in [1.807, 2.05) is 0 Å². The smallest absolute Gasteiger partial charge is 0.358 e. The van der Waals surface area contributed by atoms with Gasteiger partial charge in [0.1, 0.15) is 0 Å². The average molecular weight is 316 g/mol. The number of hydrogen-bond acceptors (Lipinski definition) is 5. The molecule has 0 unspecified atom stereocenters. The van der Waals surface area contributed by atoms with Gasteiger partial charge in [-0.25, -0.2) is 9.48 Å². The zero-order chi connectivity index (χ0) is 16.2. The number of benzene rings is 1. The molecule has 0 bridgehead atoms. The quantitative estimate of drug-likeness (QED) is 0.881. The molecule has 120 valence electrons. The van der Waals surface area contributed by atoms with Gasteiger partial charge < -0.3 is 15.2 Å². The number of ether oxygens (including phenoxy) is 1. The summed E-state index contributed by atoms with van der Waals surface area (Å²) in [6.07, 6.45) is 2.76. The summed E-state index contributed by atoms with van der Waals surface area (Å²) in [6, 6.07) is 7.01. The van der Waals surface area contributed by atoms with Crippen molar-refractivity contribution in [1.29, 1.82) is 0 Å². The summed E-state index contributed by atoms with van der Waals surface area (Å²) in [5.41, 5.74) is 1.11. The van der Waals surface area contributed by atoms with Gasteiger partial charge in [-0.15, -0.1) is 5.10 Å². The highest BCUT2D eigenvalue weighted by atomic mass is 16.5. The van der Waals surface area contributed by atoms with Gasteiger partial charge in [-0.05, 0) is 31.0 Å². The Hall–Kier alpha value is -2.74. The van der Waals surface area contributed by atoms with Gasteiger partial charge >= 0.3 is 5.97 Å². The summed E-state index contributed by atoms with van der Waals surface area (Å²) in [6.45, 7) is 1.21. The molecule has 2 aromatic rings. The van der Waals surface area contributed by atoms with Crippen molar-refractivity contribution < 1.29 is 19.4 Å². The Morgan fingerprint density at radius 2 is 2.09 bits per heavy atom. The van der Waals surface area contributed by atoms with E-state index >= 15 is 0 Å². The van der Waals surface area contributed by atoms with E-state index < -0.39 is 5.97 Å². The predicted octanol–water partition coefficient (Wildman–Crippen LogP) is 1.33. The SMILES string of the molecule is O=C(O)c1cn(-c2cccc(NC(=O)C3CCOCC3)c2)nn1. The third-order valence-electron chi connectivity index (χ3n) is 3.68. The lowest BCUT2D eigenvalue weighted by atomic mass is 9.99. The third kappa shape index (κ3) is 3.54.